The second-order valence-electron chi connectivity index (χ2n) is 8.50. The molecule has 0 aromatic rings. The molecule has 2 aliphatic heterocycles. The Morgan fingerprint density at radius 2 is 1.41 bits per heavy atom. The van der Waals surface area contributed by atoms with E-state index < -0.39 is 5.60 Å². The van der Waals surface area contributed by atoms with Crippen molar-refractivity contribution in [2.45, 2.75) is 71.3 Å². The third kappa shape index (κ3) is 7.39. The minimum Gasteiger partial charge on any atom is -0.455 e. The van der Waals surface area contributed by atoms with E-state index in [1.165, 1.54) is 6.42 Å². The van der Waals surface area contributed by atoms with Gasteiger partial charge in [-0.1, -0.05) is 19.3 Å². The molecule has 2 amide bonds. The largest absolute Gasteiger partial charge is 0.455 e. The minimum atomic E-state index is -0.528. The predicted octanol–water partition coefficient (Wildman–Crippen LogP) is 2.97. The van der Waals surface area contributed by atoms with E-state index in [4.69, 9.17) is 9.47 Å². The van der Waals surface area contributed by atoms with Gasteiger partial charge >= 0.3 is 12.1 Å². The molecule has 2 heterocycles. The summed E-state index contributed by atoms with van der Waals surface area (Å²) >= 11 is 0. The number of carbonyl (C=O) groups excluding carboxylic acids is 3. The number of hydrogen-bond acceptors (Lipinski definition) is 5. The van der Waals surface area contributed by atoms with Crippen molar-refractivity contribution in [2.75, 3.05) is 32.8 Å². The molecule has 0 aromatic heterocycles. The molecule has 0 bridgehead atoms. The number of rotatable bonds is 3. The summed E-state index contributed by atoms with van der Waals surface area (Å²) in [5, 5.41) is 0. The second-order valence-corrected chi connectivity index (χ2v) is 8.50. The van der Waals surface area contributed by atoms with Gasteiger partial charge in [0.2, 0.25) is 0 Å². The van der Waals surface area contributed by atoms with Gasteiger partial charge in [0, 0.05) is 26.2 Å². The summed E-state index contributed by atoms with van der Waals surface area (Å²) in [5.41, 5.74) is -0.528. The molecule has 0 saturated carbocycles. The monoisotopic (exact) mass is 382 g/mol. The Hall–Kier alpha value is -1.79. The van der Waals surface area contributed by atoms with Crippen LogP contribution in [0.15, 0.2) is 0 Å². The minimum absolute atomic E-state index is 0.101. The number of nitrogens with zero attached hydrogens (tertiary/aromatic N) is 2. The maximum atomic E-state index is 12.3. The van der Waals surface area contributed by atoms with Gasteiger partial charge < -0.3 is 19.3 Å². The quantitative estimate of drug-likeness (QED) is 0.702. The van der Waals surface area contributed by atoms with E-state index in [0.717, 1.165) is 38.8 Å². The van der Waals surface area contributed by atoms with E-state index in [-0.39, 0.29) is 30.5 Å². The Kier molecular flexibility index (Phi) is 7.92. The van der Waals surface area contributed by atoms with Gasteiger partial charge in [-0.05, 0) is 46.5 Å². The molecule has 27 heavy (non-hydrogen) atoms. The molecule has 2 aliphatic rings. The molecule has 7 nitrogen and oxygen atoms in total. The molecule has 154 valence electrons. The third-order valence-corrected chi connectivity index (χ3v) is 5.03. The third-order valence-electron chi connectivity index (χ3n) is 5.03. The first-order valence-electron chi connectivity index (χ1n) is 10.2. The number of hydrogen-bond donors (Lipinski definition) is 0. The maximum Gasteiger partial charge on any atom is 0.410 e. The van der Waals surface area contributed by atoms with Gasteiger partial charge in [-0.2, -0.15) is 0 Å². The van der Waals surface area contributed by atoms with Crippen LogP contribution in [0.1, 0.15) is 65.7 Å². The SMILES string of the molecule is CC(C)(C)OC(=O)N1CCC(C(=O)OCC(=O)N2CCCCCCC2)CC1. The van der Waals surface area contributed by atoms with Crippen molar-refractivity contribution >= 4 is 18.0 Å². The van der Waals surface area contributed by atoms with E-state index >= 15 is 0 Å². The topological polar surface area (TPSA) is 76.1 Å². The zero-order valence-corrected chi connectivity index (χ0v) is 17.0. The molecule has 0 radical (unpaired) electrons. The van der Waals surface area contributed by atoms with Crippen molar-refractivity contribution in [2.24, 2.45) is 5.92 Å². The lowest BCUT2D eigenvalue weighted by molar-refractivity contribution is -0.156. The maximum absolute atomic E-state index is 12.3. The Morgan fingerprint density at radius 3 is 1.96 bits per heavy atom. The molecule has 7 heteroatoms. The van der Waals surface area contributed by atoms with Gasteiger partial charge in [0.25, 0.3) is 5.91 Å². The summed E-state index contributed by atoms with van der Waals surface area (Å²) in [4.78, 5) is 40.1. The highest BCUT2D eigenvalue weighted by atomic mass is 16.6. The van der Waals surface area contributed by atoms with E-state index in [9.17, 15) is 14.4 Å². The molecule has 0 N–H and O–H groups in total. The van der Waals surface area contributed by atoms with Crippen molar-refractivity contribution in [3.63, 3.8) is 0 Å². The Labute approximate surface area is 162 Å². The lowest BCUT2D eigenvalue weighted by atomic mass is 9.97. The van der Waals surface area contributed by atoms with Crippen LogP contribution in [0.25, 0.3) is 0 Å². The van der Waals surface area contributed by atoms with Crippen LogP contribution in [0.4, 0.5) is 4.79 Å². The molecular formula is C20H34N2O5. The van der Waals surface area contributed by atoms with Crippen molar-refractivity contribution in [1.82, 2.24) is 9.80 Å². The summed E-state index contributed by atoms with van der Waals surface area (Å²) in [6, 6.07) is 0. The van der Waals surface area contributed by atoms with Crippen molar-refractivity contribution in [3.05, 3.63) is 0 Å². The van der Waals surface area contributed by atoms with Gasteiger partial charge in [-0.15, -0.1) is 0 Å². The Morgan fingerprint density at radius 1 is 0.852 bits per heavy atom. The van der Waals surface area contributed by atoms with Gasteiger partial charge in [-0.25, -0.2) is 4.79 Å². The van der Waals surface area contributed by atoms with Crippen molar-refractivity contribution in [3.8, 4) is 0 Å². The first-order valence-corrected chi connectivity index (χ1v) is 10.2. The molecule has 0 unspecified atom stereocenters. The van der Waals surface area contributed by atoms with Crippen LogP contribution in [-0.2, 0) is 19.1 Å². The van der Waals surface area contributed by atoms with Crippen LogP contribution in [0.5, 0.6) is 0 Å². The average molecular weight is 383 g/mol. The van der Waals surface area contributed by atoms with E-state index in [1.807, 2.05) is 25.7 Å². The molecule has 2 fully saturated rings. The van der Waals surface area contributed by atoms with Crippen molar-refractivity contribution < 1.29 is 23.9 Å². The molecule has 0 atom stereocenters. The van der Waals surface area contributed by atoms with E-state index in [2.05, 4.69) is 0 Å². The number of piperidine rings is 1. The summed E-state index contributed by atoms with van der Waals surface area (Å²) in [5.74, 6) is -0.695. The molecule has 0 aliphatic carbocycles. The fourth-order valence-corrected chi connectivity index (χ4v) is 3.46. The number of esters is 1. The number of carbonyl (C=O) groups is 3. The fourth-order valence-electron chi connectivity index (χ4n) is 3.46. The second kappa shape index (κ2) is 9.95. The summed E-state index contributed by atoms with van der Waals surface area (Å²) in [6.45, 7) is 7.76. The van der Waals surface area contributed by atoms with Gasteiger partial charge in [0.05, 0.1) is 5.92 Å². The Balaban J connectivity index is 1.71. The molecule has 0 aromatic carbocycles. The summed E-state index contributed by atoms with van der Waals surface area (Å²) < 4.78 is 10.6. The van der Waals surface area contributed by atoms with Crippen LogP contribution in [0.3, 0.4) is 0 Å². The van der Waals surface area contributed by atoms with Crippen LogP contribution in [0, 0.1) is 5.92 Å². The van der Waals surface area contributed by atoms with E-state index in [1.54, 1.807) is 4.90 Å². The first-order chi connectivity index (χ1) is 12.8. The summed E-state index contributed by atoms with van der Waals surface area (Å²) in [7, 11) is 0. The standard InChI is InChI=1S/C20H34N2O5/c1-20(2,3)27-19(25)22-13-9-16(10-14-22)18(24)26-15-17(23)21-11-7-5-4-6-8-12-21/h16H,4-15H2,1-3H3. The van der Waals surface area contributed by atoms with Gasteiger partial charge in [-0.3, -0.25) is 9.59 Å². The average Bonchev–Trinajstić information content (AvgIpc) is 2.57. The fraction of sp³-hybridized carbons (Fsp3) is 0.850. The van der Waals surface area contributed by atoms with Crippen LogP contribution >= 0.6 is 0 Å². The molecule has 2 saturated heterocycles. The van der Waals surface area contributed by atoms with E-state index in [0.29, 0.717) is 25.9 Å². The smallest absolute Gasteiger partial charge is 0.410 e. The van der Waals surface area contributed by atoms with Crippen LogP contribution in [0.2, 0.25) is 0 Å². The van der Waals surface area contributed by atoms with Crippen LogP contribution < -0.4 is 0 Å². The highest BCUT2D eigenvalue weighted by Crippen LogP contribution is 2.21. The highest BCUT2D eigenvalue weighted by Gasteiger charge is 2.31. The highest BCUT2D eigenvalue weighted by molar-refractivity contribution is 5.81. The summed E-state index contributed by atoms with van der Waals surface area (Å²) in [6.07, 6.45) is 6.30. The number of ether oxygens (including phenoxy) is 2. The lowest BCUT2D eigenvalue weighted by Gasteiger charge is -2.32. The lowest BCUT2D eigenvalue weighted by Crippen LogP contribution is -2.43. The van der Waals surface area contributed by atoms with Gasteiger partial charge in [0.15, 0.2) is 6.61 Å². The normalized spacial score (nSPS) is 19.8. The number of likely N-dealkylation sites (tertiary alicyclic amines) is 2. The predicted molar refractivity (Wildman–Crippen MR) is 101 cm³/mol. The zero-order chi connectivity index (χ0) is 19.9. The first kappa shape index (κ1) is 21.5. The van der Waals surface area contributed by atoms with Crippen molar-refractivity contribution in [1.29, 1.82) is 0 Å². The molecular weight excluding hydrogens is 348 g/mol. The zero-order valence-electron chi connectivity index (χ0n) is 17.0. The van der Waals surface area contributed by atoms with Gasteiger partial charge in [0.1, 0.15) is 5.60 Å². The molecule has 0 spiro atoms. The molecule has 2 rings (SSSR count). The Bertz CT molecular complexity index is 513. The van der Waals surface area contributed by atoms with Crippen LogP contribution in [-0.4, -0.2) is 66.2 Å². The number of amides is 2.